The molecule has 2 fully saturated rings. The summed E-state index contributed by atoms with van der Waals surface area (Å²) in [7, 11) is 0. The molecule has 3 rings (SSSR count). The van der Waals surface area contributed by atoms with E-state index in [4.69, 9.17) is 0 Å². The molecule has 1 saturated heterocycles. The normalized spacial score (nSPS) is 19.0. The van der Waals surface area contributed by atoms with Gasteiger partial charge in [-0.25, -0.2) is 4.98 Å². The van der Waals surface area contributed by atoms with Gasteiger partial charge in [0.25, 0.3) is 5.69 Å². The molecule has 1 aliphatic heterocycles. The monoisotopic (exact) mass is 305 g/mol. The van der Waals surface area contributed by atoms with E-state index in [-0.39, 0.29) is 11.6 Å². The highest BCUT2D eigenvalue weighted by atomic mass is 16.6. The van der Waals surface area contributed by atoms with Gasteiger partial charge in [0.15, 0.2) is 0 Å². The maximum atomic E-state index is 11.8. The second kappa shape index (κ2) is 6.27. The minimum Gasteiger partial charge on any atom is -0.354 e. The van der Waals surface area contributed by atoms with E-state index >= 15 is 0 Å². The number of rotatable bonds is 5. The maximum absolute atomic E-state index is 11.8. The molecule has 1 aromatic rings. The molecule has 0 bridgehead atoms. The molecular formula is C14H19N5O3. The summed E-state index contributed by atoms with van der Waals surface area (Å²) in [4.78, 5) is 30.3. The van der Waals surface area contributed by atoms with Crippen LogP contribution >= 0.6 is 0 Å². The van der Waals surface area contributed by atoms with Gasteiger partial charge in [-0.05, 0) is 18.9 Å². The number of nitro groups is 1. The lowest BCUT2D eigenvalue weighted by Gasteiger charge is -2.34. The molecule has 2 aliphatic rings. The van der Waals surface area contributed by atoms with Gasteiger partial charge in [0.2, 0.25) is 5.91 Å². The SMILES string of the molecule is O=C(CN1CCN(c2ccc([N+](=O)[O-])cn2)CC1)NC1CC1. The lowest BCUT2D eigenvalue weighted by molar-refractivity contribution is -0.385. The molecule has 2 heterocycles. The van der Waals surface area contributed by atoms with Crippen molar-refractivity contribution in [1.29, 1.82) is 0 Å². The molecule has 1 N–H and O–H groups in total. The van der Waals surface area contributed by atoms with E-state index in [0.717, 1.165) is 44.8 Å². The number of hydrogen-bond donors (Lipinski definition) is 1. The highest BCUT2D eigenvalue weighted by Crippen LogP contribution is 2.19. The molecule has 1 saturated carbocycles. The van der Waals surface area contributed by atoms with Gasteiger partial charge in [0.05, 0.1) is 11.5 Å². The summed E-state index contributed by atoms with van der Waals surface area (Å²) in [6.45, 7) is 3.55. The van der Waals surface area contributed by atoms with Crippen LogP contribution in [0, 0.1) is 10.1 Å². The summed E-state index contributed by atoms with van der Waals surface area (Å²) in [5.74, 6) is 0.845. The third-order valence-electron chi connectivity index (χ3n) is 3.95. The molecular weight excluding hydrogens is 286 g/mol. The van der Waals surface area contributed by atoms with E-state index < -0.39 is 4.92 Å². The number of carbonyl (C=O) groups excluding carboxylic acids is 1. The number of nitrogens with zero attached hydrogens (tertiary/aromatic N) is 4. The Morgan fingerprint density at radius 3 is 2.59 bits per heavy atom. The van der Waals surface area contributed by atoms with Crippen molar-refractivity contribution in [3.8, 4) is 0 Å². The second-order valence-corrected chi connectivity index (χ2v) is 5.74. The summed E-state index contributed by atoms with van der Waals surface area (Å²) >= 11 is 0. The third kappa shape index (κ3) is 3.70. The second-order valence-electron chi connectivity index (χ2n) is 5.74. The predicted molar refractivity (Wildman–Crippen MR) is 80.7 cm³/mol. The minimum atomic E-state index is -0.451. The number of piperazine rings is 1. The molecule has 0 spiro atoms. The van der Waals surface area contributed by atoms with Crippen LogP contribution in [0.15, 0.2) is 18.3 Å². The van der Waals surface area contributed by atoms with Crippen molar-refractivity contribution in [1.82, 2.24) is 15.2 Å². The molecule has 1 amide bonds. The number of amides is 1. The van der Waals surface area contributed by atoms with E-state index in [1.165, 1.54) is 12.3 Å². The number of pyridine rings is 1. The first-order chi connectivity index (χ1) is 10.6. The number of hydrogen-bond acceptors (Lipinski definition) is 6. The van der Waals surface area contributed by atoms with Crippen molar-refractivity contribution in [2.24, 2.45) is 0 Å². The first-order valence-electron chi connectivity index (χ1n) is 7.49. The molecule has 0 aromatic carbocycles. The summed E-state index contributed by atoms with van der Waals surface area (Å²) in [5, 5.41) is 13.6. The molecule has 8 nitrogen and oxygen atoms in total. The molecule has 0 atom stereocenters. The lowest BCUT2D eigenvalue weighted by Crippen LogP contribution is -2.49. The van der Waals surface area contributed by atoms with Gasteiger partial charge in [-0.1, -0.05) is 0 Å². The van der Waals surface area contributed by atoms with Crippen LogP contribution in [0.25, 0.3) is 0 Å². The van der Waals surface area contributed by atoms with Crippen LogP contribution in [0.1, 0.15) is 12.8 Å². The zero-order valence-electron chi connectivity index (χ0n) is 12.3. The topological polar surface area (TPSA) is 91.6 Å². The molecule has 0 unspecified atom stereocenters. The van der Waals surface area contributed by atoms with Gasteiger partial charge in [-0.2, -0.15) is 0 Å². The Hall–Kier alpha value is -2.22. The standard InChI is InChI=1S/C14H19N5O3/c20-14(16-11-1-2-11)10-17-5-7-18(8-6-17)13-4-3-12(9-15-13)19(21)22/h3-4,9,11H,1-2,5-8,10H2,(H,16,20). The van der Waals surface area contributed by atoms with Gasteiger partial charge >= 0.3 is 0 Å². The molecule has 118 valence electrons. The van der Waals surface area contributed by atoms with Crippen molar-refractivity contribution in [3.05, 3.63) is 28.4 Å². The third-order valence-corrected chi connectivity index (χ3v) is 3.95. The van der Waals surface area contributed by atoms with Crippen LogP contribution in [0.3, 0.4) is 0 Å². The first kappa shape index (κ1) is 14.7. The van der Waals surface area contributed by atoms with E-state index in [1.54, 1.807) is 6.07 Å². The quantitative estimate of drug-likeness (QED) is 0.625. The largest absolute Gasteiger partial charge is 0.354 e. The Labute approximate surface area is 128 Å². The van der Waals surface area contributed by atoms with Gasteiger partial charge in [0, 0.05) is 38.3 Å². The molecule has 22 heavy (non-hydrogen) atoms. The van der Waals surface area contributed by atoms with Crippen LogP contribution < -0.4 is 10.2 Å². The average Bonchev–Trinajstić information content (AvgIpc) is 3.32. The smallest absolute Gasteiger partial charge is 0.287 e. The van der Waals surface area contributed by atoms with Crippen LogP contribution in [0.5, 0.6) is 0 Å². The van der Waals surface area contributed by atoms with Crippen LogP contribution in [-0.2, 0) is 4.79 Å². The number of carbonyl (C=O) groups is 1. The summed E-state index contributed by atoms with van der Waals surface area (Å²) in [5.41, 5.74) is -0.000803. The fourth-order valence-corrected chi connectivity index (χ4v) is 2.51. The summed E-state index contributed by atoms with van der Waals surface area (Å²) < 4.78 is 0. The molecule has 8 heteroatoms. The highest BCUT2D eigenvalue weighted by Gasteiger charge is 2.25. The van der Waals surface area contributed by atoms with Crippen molar-refractivity contribution in [2.75, 3.05) is 37.6 Å². The molecule has 1 aliphatic carbocycles. The van der Waals surface area contributed by atoms with Crippen molar-refractivity contribution >= 4 is 17.4 Å². The minimum absolute atomic E-state index is 0.000803. The Kier molecular flexibility index (Phi) is 4.19. The van der Waals surface area contributed by atoms with Gasteiger partial charge in [-0.15, -0.1) is 0 Å². The Morgan fingerprint density at radius 1 is 1.32 bits per heavy atom. The summed E-state index contributed by atoms with van der Waals surface area (Å²) in [6, 6.07) is 3.55. The lowest BCUT2D eigenvalue weighted by atomic mass is 10.3. The van der Waals surface area contributed by atoms with E-state index in [2.05, 4.69) is 20.1 Å². The first-order valence-corrected chi connectivity index (χ1v) is 7.49. The Morgan fingerprint density at radius 2 is 2.05 bits per heavy atom. The zero-order chi connectivity index (χ0) is 15.5. The van der Waals surface area contributed by atoms with Crippen LogP contribution in [0.2, 0.25) is 0 Å². The van der Waals surface area contributed by atoms with Crippen molar-refractivity contribution < 1.29 is 9.72 Å². The van der Waals surface area contributed by atoms with Crippen LogP contribution in [-0.4, -0.2) is 59.5 Å². The maximum Gasteiger partial charge on any atom is 0.287 e. The number of aromatic nitrogens is 1. The van der Waals surface area contributed by atoms with E-state index in [1.807, 2.05) is 0 Å². The fraction of sp³-hybridized carbons (Fsp3) is 0.571. The van der Waals surface area contributed by atoms with Gasteiger partial charge in [0.1, 0.15) is 12.0 Å². The van der Waals surface area contributed by atoms with E-state index in [9.17, 15) is 14.9 Å². The molecule has 0 radical (unpaired) electrons. The van der Waals surface area contributed by atoms with E-state index in [0.29, 0.717) is 12.6 Å². The Bertz CT molecular complexity index is 550. The number of nitrogens with one attached hydrogen (secondary N) is 1. The predicted octanol–water partition coefficient (Wildman–Crippen LogP) is 0.390. The van der Waals surface area contributed by atoms with Crippen molar-refractivity contribution in [2.45, 2.75) is 18.9 Å². The average molecular weight is 305 g/mol. The fourth-order valence-electron chi connectivity index (χ4n) is 2.51. The number of anilines is 1. The zero-order valence-corrected chi connectivity index (χ0v) is 12.3. The highest BCUT2D eigenvalue weighted by molar-refractivity contribution is 5.78. The van der Waals surface area contributed by atoms with Crippen LogP contribution in [0.4, 0.5) is 11.5 Å². The van der Waals surface area contributed by atoms with Gasteiger partial charge in [-0.3, -0.25) is 19.8 Å². The van der Waals surface area contributed by atoms with Crippen molar-refractivity contribution in [3.63, 3.8) is 0 Å². The Balaban J connectivity index is 1.48. The molecule has 1 aromatic heterocycles. The summed E-state index contributed by atoms with van der Waals surface area (Å²) in [6.07, 6.45) is 3.49. The van der Waals surface area contributed by atoms with Gasteiger partial charge < -0.3 is 10.2 Å².